The molecule has 3 heterocycles. The van der Waals surface area contributed by atoms with Crippen molar-refractivity contribution in [3.8, 4) is 0 Å². The number of hydrogen-bond acceptors (Lipinski definition) is 5. The lowest BCUT2D eigenvalue weighted by Crippen LogP contribution is -2.31. The van der Waals surface area contributed by atoms with Crippen LogP contribution in [0.25, 0.3) is 0 Å². The highest BCUT2D eigenvalue weighted by Crippen LogP contribution is 2.39. The number of carbonyl (C=O) groups is 2. The minimum absolute atomic E-state index is 0.150. The van der Waals surface area contributed by atoms with Crippen molar-refractivity contribution in [2.75, 3.05) is 6.54 Å². The van der Waals surface area contributed by atoms with Gasteiger partial charge in [0.25, 0.3) is 5.91 Å². The van der Waals surface area contributed by atoms with E-state index in [1.54, 1.807) is 46.9 Å². The lowest BCUT2D eigenvalue weighted by atomic mass is 9.96. The Bertz CT molecular complexity index is 753. The van der Waals surface area contributed by atoms with Gasteiger partial charge in [-0.15, -0.1) is 11.3 Å². The van der Waals surface area contributed by atoms with Gasteiger partial charge in [-0.25, -0.2) is 0 Å². The average Bonchev–Trinajstić information content (AvgIpc) is 3.18. The van der Waals surface area contributed by atoms with Gasteiger partial charge >= 0.3 is 0 Å². The van der Waals surface area contributed by atoms with Crippen molar-refractivity contribution in [2.24, 2.45) is 0 Å². The van der Waals surface area contributed by atoms with Crippen LogP contribution in [-0.2, 0) is 4.79 Å². The van der Waals surface area contributed by atoms with E-state index in [1.807, 2.05) is 6.92 Å². The third-order valence-electron chi connectivity index (χ3n) is 3.78. The van der Waals surface area contributed by atoms with Gasteiger partial charge in [-0.05, 0) is 35.6 Å². The second-order valence-corrected chi connectivity index (χ2v) is 6.20. The number of rotatable bonds is 5. The second-order valence-electron chi connectivity index (χ2n) is 5.25. The largest absolute Gasteiger partial charge is 0.503 e. The van der Waals surface area contributed by atoms with Crippen molar-refractivity contribution < 1.29 is 14.7 Å². The normalized spacial score (nSPS) is 17.9. The van der Waals surface area contributed by atoms with Crippen LogP contribution in [0.3, 0.4) is 0 Å². The van der Waals surface area contributed by atoms with Gasteiger partial charge in [0.05, 0.1) is 16.5 Å². The third kappa shape index (κ3) is 2.66. The summed E-state index contributed by atoms with van der Waals surface area (Å²) in [6, 6.07) is 6.43. The quantitative estimate of drug-likeness (QED) is 0.856. The maximum absolute atomic E-state index is 12.8. The Morgan fingerprint density at radius 1 is 1.35 bits per heavy atom. The van der Waals surface area contributed by atoms with Crippen molar-refractivity contribution in [3.05, 3.63) is 63.8 Å². The molecule has 1 N–H and O–H groups in total. The van der Waals surface area contributed by atoms with Crippen LogP contribution >= 0.6 is 11.3 Å². The molecule has 0 bridgehead atoms. The molecular formula is C17H16N2O3S. The minimum atomic E-state index is -0.569. The maximum Gasteiger partial charge on any atom is 0.290 e. The third-order valence-corrected chi connectivity index (χ3v) is 4.65. The van der Waals surface area contributed by atoms with Crippen LogP contribution in [-0.4, -0.2) is 33.2 Å². The molecule has 118 valence electrons. The number of aromatic nitrogens is 1. The molecule has 1 atom stereocenters. The molecule has 0 radical (unpaired) electrons. The summed E-state index contributed by atoms with van der Waals surface area (Å²) in [6.45, 7) is 2.42. The molecule has 0 aliphatic carbocycles. The Hall–Kier alpha value is -2.47. The van der Waals surface area contributed by atoms with E-state index in [9.17, 15) is 14.7 Å². The van der Waals surface area contributed by atoms with Crippen LogP contribution in [0.15, 0.2) is 53.4 Å². The molecule has 1 amide bonds. The molecule has 5 nitrogen and oxygen atoms in total. The van der Waals surface area contributed by atoms with Gasteiger partial charge < -0.3 is 10.0 Å². The number of nitrogens with zero attached hydrogens (tertiary/aromatic N) is 2. The molecule has 1 aliphatic rings. The Balaban J connectivity index is 2.10. The number of ketones is 1. The molecule has 0 saturated carbocycles. The van der Waals surface area contributed by atoms with E-state index >= 15 is 0 Å². The van der Waals surface area contributed by atoms with Gasteiger partial charge in [0.1, 0.15) is 0 Å². The molecule has 2 aromatic heterocycles. The first-order valence-corrected chi connectivity index (χ1v) is 8.25. The van der Waals surface area contributed by atoms with Crippen LogP contribution < -0.4 is 0 Å². The van der Waals surface area contributed by atoms with Crippen molar-refractivity contribution in [1.82, 2.24) is 9.88 Å². The molecule has 0 spiro atoms. The van der Waals surface area contributed by atoms with E-state index in [0.29, 0.717) is 11.4 Å². The number of Topliss-reactive ketones (excluding diaryl/α,β-unsaturated/α-hetero) is 1. The first kappa shape index (κ1) is 15.4. The Labute approximate surface area is 137 Å². The van der Waals surface area contributed by atoms with Crippen LogP contribution in [0.1, 0.15) is 34.6 Å². The smallest absolute Gasteiger partial charge is 0.290 e. The van der Waals surface area contributed by atoms with Gasteiger partial charge in [-0.3, -0.25) is 14.6 Å². The molecule has 2 aromatic rings. The summed E-state index contributed by atoms with van der Waals surface area (Å²) in [5.41, 5.74) is 0.919. The Morgan fingerprint density at radius 3 is 2.70 bits per heavy atom. The summed E-state index contributed by atoms with van der Waals surface area (Å²) in [5, 5.41) is 12.1. The highest BCUT2D eigenvalue weighted by atomic mass is 32.1. The van der Waals surface area contributed by atoms with Crippen molar-refractivity contribution in [1.29, 1.82) is 0 Å². The fourth-order valence-electron chi connectivity index (χ4n) is 2.79. The topological polar surface area (TPSA) is 70.5 Å². The summed E-state index contributed by atoms with van der Waals surface area (Å²) in [7, 11) is 0. The van der Waals surface area contributed by atoms with Crippen LogP contribution in [0.5, 0.6) is 0 Å². The molecule has 1 unspecified atom stereocenters. The fraction of sp³-hybridized carbons (Fsp3) is 0.235. The van der Waals surface area contributed by atoms with Gasteiger partial charge in [0.15, 0.2) is 5.76 Å². The summed E-state index contributed by atoms with van der Waals surface area (Å²) >= 11 is 1.30. The SMILES string of the molecule is CCCN1C(=O)C(O)=C(C(=O)c2cccs2)C1c1ccncc1. The number of carbonyl (C=O) groups excluding carboxylic acids is 2. The lowest BCUT2D eigenvalue weighted by molar-refractivity contribution is -0.129. The van der Waals surface area contributed by atoms with Gasteiger partial charge in [0, 0.05) is 18.9 Å². The first-order chi connectivity index (χ1) is 11.1. The number of amides is 1. The second kappa shape index (κ2) is 6.34. The van der Waals surface area contributed by atoms with Gasteiger partial charge in [-0.1, -0.05) is 13.0 Å². The molecule has 23 heavy (non-hydrogen) atoms. The maximum atomic E-state index is 12.8. The predicted octanol–water partition coefficient (Wildman–Crippen LogP) is 3.13. The van der Waals surface area contributed by atoms with Crippen molar-refractivity contribution >= 4 is 23.0 Å². The number of thiophene rings is 1. The molecular weight excluding hydrogens is 312 g/mol. The summed E-state index contributed by atoms with van der Waals surface area (Å²) in [4.78, 5) is 31.3. The molecule has 0 saturated heterocycles. The highest BCUT2D eigenvalue weighted by molar-refractivity contribution is 7.12. The van der Waals surface area contributed by atoms with E-state index in [0.717, 1.165) is 12.0 Å². The predicted molar refractivity (Wildman–Crippen MR) is 87.3 cm³/mol. The zero-order valence-corrected chi connectivity index (χ0v) is 13.4. The van der Waals surface area contributed by atoms with E-state index in [1.165, 1.54) is 11.3 Å². The molecule has 0 aromatic carbocycles. The molecule has 1 aliphatic heterocycles. The van der Waals surface area contributed by atoms with Crippen LogP contribution in [0.2, 0.25) is 0 Å². The Kier molecular flexibility index (Phi) is 4.25. The van der Waals surface area contributed by atoms with Gasteiger partial charge in [0.2, 0.25) is 5.78 Å². The molecule has 0 fully saturated rings. The van der Waals surface area contributed by atoms with Crippen LogP contribution in [0.4, 0.5) is 0 Å². The van der Waals surface area contributed by atoms with E-state index in [-0.39, 0.29) is 11.4 Å². The van der Waals surface area contributed by atoms with Gasteiger partial charge in [-0.2, -0.15) is 0 Å². The number of hydrogen-bond donors (Lipinski definition) is 1. The zero-order valence-electron chi connectivity index (χ0n) is 12.6. The number of pyridine rings is 1. The summed E-state index contributed by atoms with van der Waals surface area (Å²) in [6.07, 6.45) is 3.97. The highest BCUT2D eigenvalue weighted by Gasteiger charge is 2.43. The van der Waals surface area contributed by atoms with E-state index in [4.69, 9.17) is 0 Å². The van der Waals surface area contributed by atoms with Crippen LogP contribution in [0, 0.1) is 0 Å². The minimum Gasteiger partial charge on any atom is -0.503 e. The summed E-state index contributed by atoms with van der Waals surface area (Å²) < 4.78 is 0. The lowest BCUT2D eigenvalue weighted by Gasteiger charge is -2.26. The Morgan fingerprint density at radius 2 is 2.09 bits per heavy atom. The van der Waals surface area contributed by atoms with E-state index in [2.05, 4.69) is 4.98 Å². The van der Waals surface area contributed by atoms with E-state index < -0.39 is 17.7 Å². The molecule has 6 heteroatoms. The average molecular weight is 328 g/mol. The number of aliphatic hydroxyl groups is 1. The standard InChI is InChI=1S/C17H16N2O3S/c1-2-9-19-14(11-5-7-18-8-6-11)13(16(21)17(19)22)15(20)12-4-3-10-23-12/h3-8,10,14,21H,2,9H2,1H3. The number of aliphatic hydroxyl groups excluding tert-OH is 1. The summed E-state index contributed by atoms with van der Waals surface area (Å²) in [5.74, 6) is -1.24. The van der Waals surface area contributed by atoms with Crippen molar-refractivity contribution in [3.63, 3.8) is 0 Å². The first-order valence-electron chi connectivity index (χ1n) is 7.37. The monoisotopic (exact) mass is 328 g/mol. The fourth-order valence-corrected chi connectivity index (χ4v) is 3.47. The molecule has 3 rings (SSSR count). The van der Waals surface area contributed by atoms with Crippen molar-refractivity contribution in [2.45, 2.75) is 19.4 Å². The zero-order chi connectivity index (χ0) is 16.4.